The molecule has 2 aliphatic rings. The van der Waals surface area contributed by atoms with Gasteiger partial charge < -0.3 is 16.8 Å². The fraction of sp³-hybridized carbons (Fsp3) is 0.280. The molecule has 0 unspecified atom stereocenters. The van der Waals surface area contributed by atoms with Crippen molar-refractivity contribution in [1.82, 2.24) is 25.3 Å². The minimum absolute atomic E-state index is 0.244. The van der Waals surface area contributed by atoms with Crippen molar-refractivity contribution in [1.29, 1.82) is 0 Å². The predicted molar refractivity (Wildman–Crippen MR) is 135 cm³/mol. The third kappa shape index (κ3) is 3.57. The van der Waals surface area contributed by atoms with Gasteiger partial charge in [0.05, 0.1) is 22.5 Å². The Morgan fingerprint density at radius 2 is 1.89 bits per heavy atom. The Hall–Kier alpha value is -2.85. The van der Waals surface area contributed by atoms with Gasteiger partial charge in [0.1, 0.15) is 22.2 Å². The van der Waals surface area contributed by atoms with E-state index in [9.17, 15) is 4.39 Å². The van der Waals surface area contributed by atoms with Gasteiger partial charge in [-0.2, -0.15) is 0 Å². The Morgan fingerprint density at radius 1 is 1.06 bits per heavy atom. The number of hydrogen-bond acceptors (Lipinski definition) is 8. The number of piperidine rings is 1. The van der Waals surface area contributed by atoms with Gasteiger partial charge in [0, 0.05) is 16.5 Å². The first kappa shape index (κ1) is 22.6. The Kier molecular flexibility index (Phi) is 5.41. The normalized spacial score (nSPS) is 20.9. The molecule has 3 aromatic heterocycles. The largest absolute Gasteiger partial charge is 0.382 e. The van der Waals surface area contributed by atoms with Gasteiger partial charge in [-0.15, -0.1) is 0 Å². The summed E-state index contributed by atoms with van der Waals surface area (Å²) in [6.07, 6.45) is 5.82. The van der Waals surface area contributed by atoms with Crippen LogP contribution in [0.5, 0.6) is 0 Å². The van der Waals surface area contributed by atoms with E-state index in [1.165, 1.54) is 17.8 Å². The van der Waals surface area contributed by atoms with Gasteiger partial charge in [-0.1, -0.05) is 29.4 Å². The smallest absolute Gasteiger partial charge is 0.179 e. The molecule has 0 saturated carbocycles. The number of hydrogen-bond donors (Lipinski definition) is 3. The maximum atomic E-state index is 14.1. The van der Waals surface area contributed by atoms with Crippen molar-refractivity contribution in [3.63, 3.8) is 0 Å². The first-order valence-electron chi connectivity index (χ1n) is 11.4. The lowest BCUT2D eigenvalue weighted by atomic mass is 9.63. The second-order valence-electron chi connectivity index (χ2n) is 9.17. The molecule has 7 nitrogen and oxygen atoms in total. The summed E-state index contributed by atoms with van der Waals surface area (Å²) in [7, 11) is 0. The summed E-state index contributed by atoms with van der Waals surface area (Å²) in [6, 6.07) is 10.5. The number of nitrogens with zero attached hydrogens (tertiary/aromatic N) is 4. The van der Waals surface area contributed by atoms with Gasteiger partial charge in [0.2, 0.25) is 0 Å². The van der Waals surface area contributed by atoms with Crippen LogP contribution >= 0.6 is 23.4 Å². The van der Waals surface area contributed by atoms with Crippen LogP contribution in [0.25, 0.3) is 11.2 Å². The maximum absolute atomic E-state index is 14.1. The van der Waals surface area contributed by atoms with Gasteiger partial charge in [-0.25, -0.2) is 24.3 Å². The lowest BCUT2D eigenvalue weighted by molar-refractivity contribution is 0.117. The Morgan fingerprint density at radius 3 is 2.71 bits per heavy atom. The molecule has 10 heteroatoms. The molecule has 1 fully saturated rings. The standard InChI is InChI=1S/C25H23ClFN7S/c26-21-18(5-8-31-22(21)28)35-20-4-3-17-23(34-20)32-13-19(33-17)25(29)16-2-1-15(27)11-14(16)12-24(25)6-9-30-10-7-24/h1-5,8,11,13,30H,6-7,9-10,12,29H2,(H2,28,31)/t25-/m0/s1. The fourth-order valence-corrected chi connectivity index (χ4v) is 6.58. The highest BCUT2D eigenvalue weighted by Gasteiger charge is 2.57. The van der Waals surface area contributed by atoms with Crippen molar-refractivity contribution in [2.75, 3.05) is 18.8 Å². The molecule has 5 N–H and O–H groups in total. The van der Waals surface area contributed by atoms with Crippen LogP contribution in [-0.2, 0) is 12.0 Å². The number of benzene rings is 1. The quantitative estimate of drug-likeness (QED) is 0.380. The van der Waals surface area contributed by atoms with Crippen molar-refractivity contribution in [3.8, 4) is 0 Å². The molecule has 4 heterocycles. The highest BCUT2D eigenvalue weighted by Crippen LogP contribution is 2.56. The molecule has 0 bridgehead atoms. The van der Waals surface area contributed by atoms with Gasteiger partial charge in [0.15, 0.2) is 5.65 Å². The minimum atomic E-state index is -0.866. The molecule has 1 aliphatic heterocycles. The number of nitrogens with two attached hydrogens (primary N) is 2. The zero-order valence-electron chi connectivity index (χ0n) is 18.8. The summed E-state index contributed by atoms with van der Waals surface area (Å²) in [4.78, 5) is 19.0. The van der Waals surface area contributed by atoms with Gasteiger partial charge in [-0.05, 0) is 73.8 Å². The van der Waals surface area contributed by atoms with E-state index in [-0.39, 0.29) is 17.1 Å². The van der Waals surface area contributed by atoms with Gasteiger partial charge in [-0.3, -0.25) is 0 Å². The molecular weight excluding hydrogens is 485 g/mol. The third-order valence-electron chi connectivity index (χ3n) is 7.30. The third-order valence-corrected chi connectivity index (χ3v) is 8.80. The number of anilines is 1. The van der Waals surface area contributed by atoms with E-state index in [1.807, 2.05) is 18.2 Å². The summed E-state index contributed by atoms with van der Waals surface area (Å²) in [5, 5.41) is 4.54. The maximum Gasteiger partial charge on any atom is 0.179 e. The van der Waals surface area contributed by atoms with Crippen LogP contribution in [0, 0.1) is 11.2 Å². The van der Waals surface area contributed by atoms with Crippen LogP contribution in [0.2, 0.25) is 5.02 Å². The van der Waals surface area contributed by atoms with Crippen LogP contribution in [0.15, 0.2) is 58.7 Å². The summed E-state index contributed by atoms with van der Waals surface area (Å²) in [6.45, 7) is 1.72. The molecule has 0 amide bonds. The lowest BCUT2D eigenvalue weighted by Crippen LogP contribution is -2.55. The van der Waals surface area contributed by atoms with Crippen LogP contribution in [0.3, 0.4) is 0 Å². The van der Waals surface area contributed by atoms with E-state index < -0.39 is 5.54 Å². The second-order valence-corrected chi connectivity index (χ2v) is 10.6. The zero-order valence-corrected chi connectivity index (χ0v) is 20.3. The van der Waals surface area contributed by atoms with E-state index in [1.54, 1.807) is 24.5 Å². The molecule has 1 aliphatic carbocycles. The molecule has 1 aromatic carbocycles. The van der Waals surface area contributed by atoms with E-state index in [0.717, 1.165) is 48.4 Å². The van der Waals surface area contributed by atoms with E-state index in [4.69, 9.17) is 28.1 Å². The summed E-state index contributed by atoms with van der Waals surface area (Å²) in [5.74, 6) is 0.0330. The van der Waals surface area contributed by atoms with Crippen molar-refractivity contribution in [2.45, 2.75) is 34.7 Å². The molecule has 1 atom stereocenters. The SMILES string of the molecule is Nc1nccc(Sc2ccc3nc([C@@]4(N)c5ccc(F)cc5CC45CCNCC5)cnc3n2)c1Cl. The van der Waals surface area contributed by atoms with Gasteiger partial charge >= 0.3 is 0 Å². The van der Waals surface area contributed by atoms with Crippen molar-refractivity contribution in [3.05, 3.63) is 76.5 Å². The fourth-order valence-electron chi connectivity index (χ4n) is 5.54. The van der Waals surface area contributed by atoms with Crippen molar-refractivity contribution >= 4 is 40.3 Å². The first-order chi connectivity index (χ1) is 16.9. The Bertz CT molecular complexity index is 1460. The number of rotatable bonds is 3. The van der Waals surface area contributed by atoms with Crippen molar-refractivity contribution < 1.29 is 4.39 Å². The van der Waals surface area contributed by atoms with Crippen LogP contribution in [0.1, 0.15) is 29.7 Å². The number of pyridine rings is 2. The molecular formula is C25H23ClFN7S. The van der Waals surface area contributed by atoms with Crippen LogP contribution in [-0.4, -0.2) is 33.0 Å². The molecule has 35 heavy (non-hydrogen) atoms. The summed E-state index contributed by atoms with van der Waals surface area (Å²) >= 11 is 7.67. The minimum Gasteiger partial charge on any atom is -0.382 e. The van der Waals surface area contributed by atoms with E-state index >= 15 is 0 Å². The monoisotopic (exact) mass is 507 g/mol. The average Bonchev–Trinajstić information content (AvgIpc) is 3.09. The zero-order chi connectivity index (χ0) is 24.2. The summed E-state index contributed by atoms with van der Waals surface area (Å²) < 4.78 is 14.1. The molecule has 0 radical (unpaired) electrons. The van der Waals surface area contributed by atoms with E-state index in [0.29, 0.717) is 26.9 Å². The summed E-state index contributed by atoms with van der Waals surface area (Å²) in [5.41, 5.74) is 15.7. The molecule has 1 saturated heterocycles. The highest BCUT2D eigenvalue weighted by molar-refractivity contribution is 7.99. The Labute approximate surface area is 210 Å². The number of halogens is 2. The second kappa shape index (κ2) is 8.37. The van der Waals surface area contributed by atoms with Gasteiger partial charge in [0.25, 0.3) is 0 Å². The highest BCUT2D eigenvalue weighted by atomic mass is 35.5. The Balaban J connectivity index is 1.42. The number of nitrogen functional groups attached to an aromatic ring is 1. The molecule has 6 rings (SSSR count). The molecule has 4 aromatic rings. The number of aromatic nitrogens is 4. The first-order valence-corrected chi connectivity index (χ1v) is 12.6. The van der Waals surface area contributed by atoms with Crippen molar-refractivity contribution in [2.24, 2.45) is 11.1 Å². The number of fused-ring (bicyclic) bond motifs is 2. The predicted octanol–water partition coefficient (Wildman–Crippen LogP) is 4.07. The average molecular weight is 508 g/mol. The topological polar surface area (TPSA) is 116 Å². The van der Waals surface area contributed by atoms with Crippen LogP contribution < -0.4 is 16.8 Å². The molecule has 1 spiro atoms. The molecule has 178 valence electrons. The lowest BCUT2D eigenvalue weighted by Gasteiger charge is -2.46. The van der Waals surface area contributed by atoms with E-state index in [2.05, 4.69) is 20.3 Å². The van der Waals surface area contributed by atoms with Crippen LogP contribution in [0.4, 0.5) is 10.2 Å². The number of nitrogens with one attached hydrogen (secondary N) is 1.